The SMILES string of the molecule is COc1ccc(C2C(C(=O)N3CCN(Cc4ccc5c(c4)OCO5)CC3)CCC(=O)N2c2cc(OC)c(OC)c(OC)c2)cc1. The first-order valence-electron chi connectivity index (χ1n) is 15.1. The van der Waals surface area contributed by atoms with Crippen molar-refractivity contribution in [3.8, 4) is 34.5 Å². The standard InChI is InChI=1S/C34H39N3O8/c1-40-25-8-6-23(7-9-25)32-26(10-12-31(38)37(32)24-18-29(41-2)33(43-4)30(19-24)42-3)34(39)36-15-13-35(14-16-36)20-22-5-11-27-28(17-22)45-21-44-27/h5-9,11,17-19,26,32H,10,12-16,20-21H2,1-4H3. The zero-order chi connectivity index (χ0) is 31.5. The van der Waals surface area contributed by atoms with Gasteiger partial charge in [0.05, 0.1) is 46.1 Å². The molecule has 2 atom stereocenters. The van der Waals surface area contributed by atoms with Gasteiger partial charge in [-0.15, -0.1) is 0 Å². The van der Waals surface area contributed by atoms with Crippen LogP contribution in [0, 0.1) is 5.92 Å². The Hall–Kier alpha value is -4.64. The first kappa shape index (κ1) is 30.4. The lowest BCUT2D eigenvalue weighted by molar-refractivity contribution is -0.140. The van der Waals surface area contributed by atoms with Gasteiger partial charge in [0.1, 0.15) is 5.75 Å². The fourth-order valence-corrected chi connectivity index (χ4v) is 6.50. The minimum Gasteiger partial charge on any atom is -0.497 e. The van der Waals surface area contributed by atoms with E-state index in [9.17, 15) is 9.59 Å². The highest BCUT2D eigenvalue weighted by Gasteiger charge is 2.44. The lowest BCUT2D eigenvalue weighted by Crippen LogP contribution is -2.54. The molecule has 3 aromatic carbocycles. The number of hydrogen-bond acceptors (Lipinski definition) is 9. The van der Waals surface area contributed by atoms with E-state index in [2.05, 4.69) is 11.0 Å². The normalized spacial score (nSPS) is 19.8. The predicted molar refractivity (Wildman–Crippen MR) is 166 cm³/mol. The van der Waals surface area contributed by atoms with Crippen LogP contribution in [-0.4, -0.2) is 83.0 Å². The van der Waals surface area contributed by atoms with E-state index in [-0.39, 0.29) is 25.0 Å². The number of piperidine rings is 1. The summed E-state index contributed by atoms with van der Waals surface area (Å²) in [5.41, 5.74) is 2.56. The molecule has 3 aliphatic heterocycles. The van der Waals surface area contributed by atoms with Crippen molar-refractivity contribution in [2.24, 2.45) is 5.92 Å². The van der Waals surface area contributed by atoms with E-state index in [1.165, 1.54) is 7.11 Å². The molecule has 0 saturated carbocycles. The average molecular weight is 618 g/mol. The number of benzene rings is 3. The Bertz CT molecular complexity index is 1510. The van der Waals surface area contributed by atoms with Crippen LogP contribution in [0.15, 0.2) is 54.6 Å². The van der Waals surface area contributed by atoms with Gasteiger partial charge in [0.2, 0.25) is 24.4 Å². The van der Waals surface area contributed by atoms with E-state index >= 15 is 0 Å². The molecule has 11 nitrogen and oxygen atoms in total. The lowest BCUT2D eigenvalue weighted by Gasteiger charge is -2.44. The molecule has 238 valence electrons. The van der Waals surface area contributed by atoms with Crippen molar-refractivity contribution in [1.29, 1.82) is 0 Å². The molecule has 2 saturated heterocycles. The summed E-state index contributed by atoms with van der Waals surface area (Å²) in [6, 6.07) is 16.6. The van der Waals surface area contributed by atoms with Gasteiger partial charge >= 0.3 is 0 Å². The van der Waals surface area contributed by atoms with Crippen LogP contribution in [0.5, 0.6) is 34.5 Å². The fraction of sp³-hybridized carbons (Fsp3) is 0.412. The molecule has 0 aliphatic carbocycles. The summed E-state index contributed by atoms with van der Waals surface area (Å²) in [5, 5.41) is 0. The zero-order valence-electron chi connectivity index (χ0n) is 26.1. The third kappa shape index (κ3) is 6.04. The topological polar surface area (TPSA) is 99.2 Å². The van der Waals surface area contributed by atoms with Crippen molar-refractivity contribution in [3.05, 3.63) is 65.7 Å². The quantitative estimate of drug-likeness (QED) is 0.349. The van der Waals surface area contributed by atoms with Gasteiger partial charge < -0.3 is 38.2 Å². The molecular formula is C34H39N3O8. The van der Waals surface area contributed by atoms with Crippen LogP contribution in [0.1, 0.15) is 30.0 Å². The van der Waals surface area contributed by atoms with Gasteiger partial charge in [-0.3, -0.25) is 14.5 Å². The van der Waals surface area contributed by atoms with E-state index in [1.807, 2.05) is 41.3 Å². The molecule has 3 aromatic rings. The number of rotatable bonds is 9. The first-order valence-corrected chi connectivity index (χ1v) is 15.1. The minimum absolute atomic E-state index is 0.0449. The van der Waals surface area contributed by atoms with Crippen molar-refractivity contribution in [1.82, 2.24) is 9.80 Å². The van der Waals surface area contributed by atoms with Crippen molar-refractivity contribution in [2.75, 3.05) is 66.3 Å². The summed E-state index contributed by atoms with van der Waals surface area (Å²) in [7, 11) is 6.23. The molecule has 2 amide bonds. The zero-order valence-corrected chi connectivity index (χ0v) is 26.1. The van der Waals surface area contributed by atoms with E-state index in [4.69, 9.17) is 28.4 Å². The molecule has 45 heavy (non-hydrogen) atoms. The molecule has 0 spiro atoms. The van der Waals surface area contributed by atoms with E-state index in [0.29, 0.717) is 48.2 Å². The number of ether oxygens (including phenoxy) is 6. The second-order valence-corrected chi connectivity index (χ2v) is 11.3. The molecule has 2 fully saturated rings. The maximum atomic E-state index is 14.3. The lowest BCUT2D eigenvalue weighted by atomic mass is 9.82. The summed E-state index contributed by atoms with van der Waals surface area (Å²) >= 11 is 0. The Balaban J connectivity index is 1.26. The molecule has 11 heteroatoms. The molecule has 0 aromatic heterocycles. The van der Waals surface area contributed by atoms with E-state index in [0.717, 1.165) is 42.3 Å². The van der Waals surface area contributed by atoms with Crippen LogP contribution in [0.25, 0.3) is 0 Å². The molecule has 0 radical (unpaired) electrons. The fourth-order valence-electron chi connectivity index (χ4n) is 6.50. The second kappa shape index (κ2) is 13.2. The van der Waals surface area contributed by atoms with Crippen molar-refractivity contribution >= 4 is 17.5 Å². The number of carbonyl (C=O) groups excluding carboxylic acids is 2. The third-order valence-corrected chi connectivity index (χ3v) is 8.83. The van der Waals surface area contributed by atoms with Gasteiger partial charge in [0.25, 0.3) is 0 Å². The van der Waals surface area contributed by atoms with Crippen LogP contribution in [0.3, 0.4) is 0 Å². The Kier molecular flexibility index (Phi) is 8.88. The summed E-state index contributed by atoms with van der Waals surface area (Å²) in [4.78, 5) is 34.1. The highest BCUT2D eigenvalue weighted by Crippen LogP contribution is 2.47. The molecule has 3 heterocycles. The summed E-state index contributed by atoms with van der Waals surface area (Å²) in [5.74, 6) is 3.05. The summed E-state index contributed by atoms with van der Waals surface area (Å²) in [6.45, 7) is 3.72. The molecule has 3 aliphatic rings. The minimum atomic E-state index is -0.542. The number of nitrogens with zero attached hydrogens (tertiary/aromatic N) is 3. The number of fused-ring (bicyclic) bond motifs is 1. The molecule has 6 rings (SSSR count). The highest BCUT2D eigenvalue weighted by molar-refractivity contribution is 5.98. The highest BCUT2D eigenvalue weighted by atomic mass is 16.7. The second-order valence-electron chi connectivity index (χ2n) is 11.3. The third-order valence-electron chi connectivity index (χ3n) is 8.83. The van der Waals surface area contributed by atoms with Crippen molar-refractivity contribution in [2.45, 2.75) is 25.4 Å². The molecule has 0 N–H and O–H groups in total. The van der Waals surface area contributed by atoms with Crippen LogP contribution in [-0.2, 0) is 16.1 Å². The smallest absolute Gasteiger partial charge is 0.231 e. The van der Waals surface area contributed by atoms with Gasteiger partial charge in [-0.1, -0.05) is 18.2 Å². The maximum Gasteiger partial charge on any atom is 0.231 e. The van der Waals surface area contributed by atoms with Crippen LogP contribution in [0.4, 0.5) is 5.69 Å². The van der Waals surface area contributed by atoms with Crippen LogP contribution in [0.2, 0.25) is 0 Å². The van der Waals surface area contributed by atoms with Gasteiger partial charge in [0.15, 0.2) is 23.0 Å². The summed E-state index contributed by atoms with van der Waals surface area (Å²) < 4.78 is 33.1. The molecule has 0 bridgehead atoms. The van der Waals surface area contributed by atoms with Crippen molar-refractivity contribution in [3.63, 3.8) is 0 Å². The van der Waals surface area contributed by atoms with Gasteiger partial charge in [0, 0.05) is 51.3 Å². The predicted octanol–water partition coefficient (Wildman–Crippen LogP) is 4.28. The number of carbonyl (C=O) groups is 2. The largest absolute Gasteiger partial charge is 0.497 e. The maximum absolute atomic E-state index is 14.3. The summed E-state index contributed by atoms with van der Waals surface area (Å²) in [6.07, 6.45) is 0.691. The Labute approximate surface area is 263 Å². The number of methoxy groups -OCH3 is 4. The van der Waals surface area contributed by atoms with Gasteiger partial charge in [-0.05, 0) is 41.8 Å². The number of piperazine rings is 1. The number of amides is 2. The Morgan fingerprint density at radius 1 is 0.822 bits per heavy atom. The molecule has 2 unspecified atom stereocenters. The van der Waals surface area contributed by atoms with E-state index < -0.39 is 12.0 Å². The number of anilines is 1. The Morgan fingerprint density at radius 3 is 2.16 bits per heavy atom. The average Bonchev–Trinajstić information content (AvgIpc) is 3.55. The number of hydrogen-bond donors (Lipinski definition) is 0. The first-order chi connectivity index (χ1) is 21.9. The van der Waals surface area contributed by atoms with Gasteiger partial charge in [-0.25, -0.2) is 0 Å². The molecular weight excluding hydrogens is 578 g/mol. The van der Waals surface area contributed by atoms with Crippen LogP contribution < -0.4 is 33.3 Å². The van der Waals surface area contributed by atoms with Gasteiger partial charge in [-0.2, -0.15) is 0 Å². The Morgan fingerprint density at radius 2 is 1.51 bits per heavy atom. The monoisotopic (exact) mass is 617 g/mol. The van der Waals surface area contributed by atoms with Crippen LogP contribution >= 0.6 is 0 Å². The van der Waals surface area contributed by atoms with Crippen molar-refractivity contribution < 1.29 is 38.0 Å². The van der Waals surface area contributed by atoms with E-state index in [1.54, 1.807) is 38.4 Å².